The van der Waals surface area contributed by atoms with E-state index in [2.05, 4.69) is 5.32 Å². The summed E-state index contributed by atoms with van der Waals surface area (Å²) in [5.41, 5.74) is 1.13. The van der Waals surface area contributed by atoms with Crippen molar-refractivity contribution in [3.63, 3.8) is 0 Å². The molecular formula is C16H17NO3S. The second-order valence-corrected chi connectivity index (χ2v) is 5.87. The summed E-state index contributed by atoms with van der Waals surface area (Å²) in [7, 11) is 0. The number of nitrogens with one attached hydrogen (secondary N) is 1. The van der Waals surface area contributed by atoms with Gasteiger partial charge >= 0.3 is 5.97 Å². The highest BCUT2D eigenvalue weighted by Gasteiger charge is 2.10. The smallest absolute Gasteiger partial charge is 0.338 e. The molecule has 1 aromatic carbocycles. The molecule has 0 saturated carbocycles. The molecular weight excluding hydrogens is 286 g/mol. The van der Waals surface area contributed by atoms with Gasteiger partial charge in [-0.3, -0.25) is 4.79 Å². The minimum atomic E-state index is -0.344. The zero-order valence-electron chi connectivity index (χ0n) is 12.0. The highest BCUT2D eigenvalue weighted by atomic mass is 32.1. The third-order valence-electron chi connectivity index (χ3n) is 2.78. The molecule has 0 fully saturated rings. The molecule has 1 N–H and O–H groups in total. The summed E-state index contributed by atoms with van der Waals surface area (Å²) in [5, 5.41) is 2.80. The van der Waals surface area contributed by atoms with Crippen LogP contribution in [-0.4, -0.2) is 18.5 Å². The van der Waals surface area contributed by atoms with Gasteiger partial charge in [0, 0.05) is 10.6 Å². The molecule has 2 rings (SSSR count). The average Bonchev–Trinajstić information content (AvgIpc) is 2.92. The predicted molar refractivity (Wildman–Crippen MR) is 84.0 cm³/mol. The van der Waals surface area contributed by atoms with Crippen molar-refractivity contribution in [2.75, 3.05) is 11.9 Å². The summed E-state index contributed by atoms with van der Waals surface area (Å²) in [6, 6.07) is 10.4. The van der Waals surface area contributed by atoms with E-state index in [-0.39, 0.29) is 11.9 Å². The van der Waals surface area contributed by atoms with Crippen LogP contribution in [0.15, 0.2) is 36.4 Å². The fraction of sp³-hybridized carbons (Fsp3) is 0.250. The van der Waals surface area contributed by atoms with Crippen molar-refractivity contribution in [1.29, 1.82) is 0 Å². The first-order valence-electron chi connectivity index (χ1n) is 6.75. The largest absolute Gasteiger partial charge is 0.462 e. The second kappa shape index (κ2) is 7.04. The Balaban J connectivity index is 1.99. The quantitative estimate of drug-likeness (QED) is 0.853. The summed E-state index contributed by atoms with van der Waals surface area (Å²) < 4.78 is 5.05. The number of rotatable bonds is 5. The first-order chi connectivity index (χ1) is 10.1. The lowest BCUT2D eigenvalue weighted by Gasteiger charge is -2.06. The van der Waals surface area contributed by atoms with Crippen molar-refractivity contribution < 1.29 is 14.3 Å². The van der Waals surface area contributed by atoms with Gasteiger partial charge in [0.05, 0.1) is 17.0 Å². The van der Waals surface area contributed by atoms with Crippen LogP contribution in [0.3, 0.4) is 0 Å². The van der Waals surface area contributed by atoms with Crippen molar-refractivity contribution >= 4 is 28.9 Å². The van der Waals surface area contributed by atoms with Gasteiger partial charge in [-0.1, -0.05) is 6.92 Å². The number of anilines is 1. The van der Waals surface area contributed by atoms with E-state index in [4.69, 9.17) is 4.74 Å². The monoisotopic (exact) mass is 303 g/mol. The third-order valence-corrected chi connectivity index (χ3v) is 3.78. The number of thiophene rings is 1. The van der Waals surface area contributed by atoms with Crippen molar-refractivity contribution in [2.45, 2.75) is 20.3 Å². The van der Waals surface area contributed by atoms with Crippen LogP contribution in [0.1, 0.15) is 38.3 Å². The van der Waals surface area contributed by atoms with Crippen LogP contribution in [0.4, 0.5) is 5.69 Å². The number of ether oxygens (including phenoxy) is 1. The topological polar surface area (TPSA) is 55.4 Å². The van der Waals surface area contributed by atoms with Crippen LogP contribution in [0.5, 0.6) is 0 Å². The second-order valence-electron chi connectivity index (χ2n) is 4.58. The Morgan fingerprint density at radius 1 is 1.14 bits per heavy atom. The van der Waals surface area contributed by atoms with Crippen LogP contribution >= 0.6 is 11.3 Å². The number of hydrogen-bond donors (Lipinski definition) is 1. The number of hydrogen-bond acceptors (Lipinski definition) is 4. The lowest BCUT2D eigenvalue weighted by Crippen LogP contribution is -2.10. The third kappa shape index (κ3) is 4.16. The van der Waals surface area contributed by atoms with Gasteiger partial charge in [-0.25, -0.2) is 4.79 Å². The van der Waals surface area contributed by atoms with Crippen molar-refractivity contribution in [3.05, 3.63) is 51.7 Å². The highest BCUT2D eigenvalue weighted by molar-refractivity contribution is 7.14. The zero-order valence-corrected chi connectivity index (χ0v) is 12.8. The zero-order chi connectivity index (χ0) is 15.2. The van der Waals surface area contributed by atoms with Crippen molar-refractivity contribution in [1.82, 2.24) is 0 Å². The Morgan fingerprint density at radius 2 is 1.86 bits per heavy atom. The summed E-state index contributed by atoms with van der Waals surface area (Å²) in [5.74, 6) is -0.488. The molecule has 0 aliphatic heterocycles. The molecule has 0 saturated heterocycles. The minimum absolute atomic E-state index is 0.144. The lowest BCUT2D eigenvalue weighted by atomic mass is 10.2. The molecule has 1 aromatic heterocycles. The maximum absolute atomic E-state index is 12.0. The Labute approximate surface area is 127 Å². The first-order valence-corrected chi connectivity index (χ1v) is 7.56. The van der Waals surface area contributed by atoms with E-state index in [0.717, 1.165) is 11.3 Å². The average molecular weight is 303 g/mol. The summed E-state index contributed by atoms with van der Waals surface area (Å²) in [6.07, 6.45) is 0.792. The number of carbonyl (C=O) groups is 2. The van der Waals surface area contributed by atoms with Crippen LogP contribution in [0, 0.1) is 6.92 Å². The van der Waals surface area contributed by atoms with E-state index in [0.29, 0.717) is 22.7 Å². The number of benzene rings is 1. The number of aryl methyl sites for hydroxylation is 1. The molecule has 4 nitrogen and oxygen atoms in total. The summed E-state index contributed by atoms with van der Waals surface area (Å²) >= 11 is 1.45. The Hall–Kier alpha value is -2.14. The highest BCUT2D eigenvalue weighted by Crippen LogP contribution is 2.17. The van der Waals surface area contributed by atoms with E-state index in [1.165, 1.54) is 11.3 Å². The van der Waals surface area contributed by atoms with Crippen molar-refractivity contribution in [2.24, 2.45) is 0 Å². The maximum atomic E-state index is 12.0. The molecule has 2 aromatic rings. The number of carbonyl (C=O) groups excluding carboxylic acids is 2. The lowest BCUT2D eigenvalue weighted by molar-refractivity contribution is 0.0505. The van der Waals surface area contributed by atoms with Gasteiger partial charge in [0.25, 0.3) is 5.91 Å². The standard InChI is InChI=1S/C16H17NO3S/c1-3-10-20-16(19)12-5-7-13(8-6-12)17-15(18)14-9-4-11(2)21-14/h4-9H,3,10H2,1-2H3,(H,17,18). The normalized spacial score (nSPS) is 10.2. The summed E-state index contributed by atoms with van der Waals surface area (Å²) in [6.45, 7) is 4.31. The summed E-state index contributed by atoms with van der Waals surface area (Å²) in [4.78, 5) is 25.4. The SMILES string of the molecule is CCCOC(=O)c1ccc(NC(=O)c2ccc(C)s2)cc1. The molecule has 0 aliphatic carbocycles. The molecule has 0 atom stereocenters. The minimum Gasteiger partial charge on any atom is -0.462 e. The van der Waals surface area contributed by atoms with E-state index < -0.39 is 0 Å². The van der Waals surface area contributed by atoms with Gasteiger partial charge in [0.15, 0.2) is 0 Å². The molecule has 5 heteroatoms. The van der Waals surface area contributed by atoms with E-state index in [1.807, 2.05) is 19.9 Å². The van der Waals surface area contributed by atoms with Gasteiger partial charge in [-0.15, -0.1) is 11.3 Å². The van der Waals surface area contributed by atoms with E-state index in [9.17, 15) is 9.59 Å². The van der Waals surface area contributed by atoms with Crippen LogP contribution < -0.4 is 5.32 Å². The van der Waals surface area contributed by atoms with Crippen molar-refractivity contribution in [3.8, 4) is 0 Å². The number of esters is 1. The number of amides is 1. The Kier molecular flexibility index (Phi) is 5.11. The van der Waals surface area contributed by atoms with Gasteiger partial charge < -0.3 is 10.1 Å². The van der Waals surface area contributed by atoms with Crippen LogP contribution in [0.25, 0.3) is 0 Å². The molecule has 110 valence electrons. The molecule has 1 amide bonds. The predicted octanol–water partition coefficient (Wildman–Crippen LogP) is 3.88. The molecule has 0 bridgehead atoms. The van der Waals surface area contributed by atoms with Gasteiger partial charge in [0.1, 0.15) is 0 Å². The van der Waals surface area contributed by atoms with Crippen LogP contribution in [-0.2, 0) is 4.74 Å². The van der Waals surface area contributed by atoms with Gasteiger partial charge in [0.2, 0.25) is 0 Å². The fourth-order valence-electron chi connectivity index (χ4n) is 1.72. The van der Waals surface area contributed by atoms with Gasteiger partial charge in [-0.2, -0.15) is 0 Å². The van der Waals surface area contributed by atoms with Gasteiger partial charge in [-0.05, 0) is 49.7 Å². The Bertz CT molecular complexity index is 631. The van der Waals surface area contributed by atoms with E-state index >= 15 is 0 Å². The Morgan fingerprint density at radius 3 is 2.43 bits per heavy atom. The molecule has 0 unspecified atom stereocenters. The van der Waals surface area contributed by atoms with Crippen LogP contribution in [0.2, 0.25) is 0 Å². The molecule has 0 spiro atoms. The maximum Gasteiger partial charge on any atom is 0.338 e. The molecule has 0 radical (unpaired) electrons. The molecule has 1 heterocycles. The molecule has 0 aliphatic rings. The fourth-order valence-corrected chi connectivity index (χ4v) is 2.48. The molecule has 21 heavy (non-hydrogen) atoms. The van der Waals surface area contributed by atoms with E-state index in [1.54, 1.807) is 30.3 Å². The first kappa shape index (κ1) is 15.3.